The number of hydrogen-bond donors (Lipinski definition) is 2. The standard InChI is InChI=1S/C7H11N3O/c1-2-5(8)7-9-4-3-6(11)10-7/h3-5H,2,8H2,1H3,(H,9,10,11). The Hall–Kier alpha value is -1.16. The minimum atomic E-state index is -0.163. The van der Waals surface area contributed by atoms with Crippen LogP contribution in [0.25, 0.3) is 0 Å². The Morgan fingerprint density at radius 1 is 1.82 bits per heavy atom. The second kappa shape index (κ2) is 3.30. The molecule has 0 aliphatic heterocycles. The van der Waals surface area contributed by atoms with Crippen molar-refractivity contribution in [3.8, 4) is 0 Å². The monoisotopic (exact) mass is 153 g/mol. The van der Waals surface area contributed by atoms with Gasteiger partial charge in [0.15, 0.2) is 0 Å². The molecule has 0 saturated carbocycles. The van der Waals surface area contributed by atoms with Gasteiger partial charge in [0.05, 0.1) is 6.04 Å². The Kier molecular flexibility index (Phi) is 2.38. The summed E-state index contributed by atoms with van der Waals surface area (Å²) in [5, 5.41) is 0. The van der Waals surface area contributed by atoms with E-state index in [-0.39, 0.29) is 11.6 Å². The molecular formula is C7H11N3O. The van der Waals surface area contributed by atoms with Gasteiger partial charge >= 0.3 is 0 Å². The lowest BCUT2D eigenvalue weighted by atomic mass is 10.2. The maximum atomic E-state index is 10.8. The van der Waals surface area contributed by atoms with Crippen LogP contribution in [0.2, 0.25) is 0 Å². The van der Waals surface area contributed by atoms with E-state index >= 15 is 0 Å². The number of H-pyrrole nitrogens is 1. The van der Waals surface area contributed by atoms with Gasteiger partial charge in [0.25, 0.3) is 5.56 Å². The van der Waals surface area contributed by atoms with Crippen molar-refractivity contribution < 1.29 is 0 Å². The molecule has 11 heavy (non-hydrogen) atoms. The number of aromatic nitrogens is 2. The van der Waals surface area contributed by atoms with Crippen LogP contribution in [0.3, 0.4) is 0 Å². The van der Waals surface area contributed by atoms with Gasteiger partial charge in [0.1, 0.15) is 5.82 Å². The Morgan fingerprint density at radius 2 is 2.55 bits per heavy atom. The molecule has 1 heterocycles. The van der Waals surface area contributed by atoms with Crippen LogP contribution in [0, 0.1) is 0 Å². The van der Waals surface area contributed by atoms with Gasteiger partial charge in [0.2, 0.25) is 0 Å². The van der Waals surface area contributed by atoms with Gasteiger partial charge in [-0.1, -0.05) is 6.92 Å². The highest BCUT2D eigenvalue weighted by atomic mass is 16.1. The Labute approximate surface area is 64.5 Å². The molecular weight excluding hydrogens is 142 g/mol. The van der Waals surface area contributed by atoms with E-state index in [9.17, 15) is 4.79 Å². The highest BCUT2D eigenvalue weighted by Gasteiger charge is 2.03. The van der Waals surface area contributed by atoms with Crippen LogP contribution in [0.15, 0.2) is 17.1 Å². The molecule has 0 saturated heterocycles. The molecule has 0 aliphatic rings. The zero-order valence-electron chi connectivity index (χ0n) is 6.37. The highest BCUT2D eigenvalue weighted by molar-refractivity contribution is 4.94. The molecule has 0 radical (unpaired) electrons. The summed E-state index contributed by atoms with van der Waals surface area (Å²) in [4.78, 5) is 17.3. The zero-order valence-corrected chi connectivity index (χ0v) is 6.37. The summed E-state index contributed by atoms with van der Waals surface area (Å²) < 4.78 is 0. The number of nitrogens with one attached hydrogen (secondary N) is 1. The van der Waals surface area contributed by atoms with Crippen molar-refractivity contribution in [2.75, 3.05) is 0 Å². The van der Waals surface area contributed by atoms with Gasteiger partial charge in [-0.15, -0.1) is 0 Å². The molecule has 1 atom stereocenters. The SMILES string of the molecule is CCC(N)c1nccc(=O)[nH]1. The smallest absolute Gasteiger partial charge is 0.250 e. The van der Waals surface area contributed by atoms with Crippen molar-refractivity contribution in [2.45, 2.75) is 19.4 Å². The normalized spacial score (nSPS) is 12.9. The fourth-order valence-corrected chi connectivity index (χ4v) is 0.767. The van der Waals surface area contributed by atoms with Gasteiger partial charge in [-0.25, -0.2) is 4.98 Å². The largest absolute Gasteiger partial charge is 0.321 e. The summed E-state index contributed by atoms with van der Waals surface area (Å²) in [6.45, 7) is 1.94. The number of aromatic amines is 1. The topological polar surface area (TPSA) is 71.8 Å². The van der Waals surface area contributed by atoms with E-state index in [1.54, 1.807) is 0 Å². The first kappa shape index (κ1) is 7.94. The lowest BCUT2D eigenvalue weighted by Gasteiger charge is -2.05. The second-order valence-corrected chi connectivity index (χ2v) is 2.33. The van der Waals surface area contributed by atoms with E-state index in [1.807, 2.05) is 6.92 Å². The van der Waals surface area contributed by atoms with Crippen LogP contribution < -0.4 is 11.3 Å². The molecule has 1 aromatic rings. The molecule has 0 aromatic carbocycles. The Morgan fingerprint density at radius 3 is 3.09 bits per heavy atom. The van der Waals surface area contributed by atoms with Crippen molar-refractivity contribution >= 4 is 0 Å². The molecule has 4 heteroatoms. The van der Waals surface area contributed by atoms with E-state index in [0.717, 1.165) is 6.42 Å². The summed E-state index contributed by atoms with van der Waals surface area (Å²) >= 11 is 0. The van der Waals surface area contributed by atoms with Crippen molar-refractivity contribution in [2.24, 2.45) is 5.73 Å². The minimum Gasteiger partial charge on any atom is -0.321 e. The van der Waals surface area contributed by atoms with E-state index in [0.29, 0.717) is 5.82 Å². The number of hydrogen-bond acceptors (Lipinski definition) is 3. The predicted molar refractivity (Wildman–Crippen MR) is 42.1 cm³/mol. The van der Waals surface area contributed by atoms with Gasteiger partial charge in [-0.3, -0.25) is 4.79 Å². The molecule has 1 aromatic heterocycles. The fourth-order valence-electron chi connectivity index (χ4n) is 0.767. The quantitative estimate of drug-likeness (QED) is 0.636. The molecule has 0 spiro atoms. The first-order chi connectivity index (χ1) is 5.24. The van der Waals surface area contributed by atoms with Crippen molar-refractivity contribution in [3.63, 3.8) is 0 Å². The van der Waals surface area contributed by atoms with Crippen LogP contribution in [0.4, 0.5) is 0 Å². The Bertz CT molecular complexity index is 281. The zero-order chi connectivity index (χ0) is 8.27. The molecule has 3 N–H and O–H groups in total. The third-order valence-electron chi connectivity index (χ3n) is 1.48. The highest BCUT2D eigenvalue weighted by Crippen LogP contribution is 2.03. The van der Waals surface area contributed by atoms with Gasteiger partial charge in [-0.2, -0.15) is 0 Å². The third-order valence-corrected chi connectivity index (χ3v) is 1.48. The summed E-state index contributed by atoms with van der Waals surface area (Å²) in [6, 6.07) is 1.20. The average molecular weight is 153 g/mol. The summed E-state index contributed by atoms with van der Waals surface area (Å²) in [6.07, 6.45) is 2.23. The number of rotatable bonds is 2. The molecule has 4 nitrogen and oxygen atoms in total. The summed E-state index contributed by atoms with van der Waals surface area (Å²) in [5.41, 5.74) is 5.48. The van der Waals surface area contributed by atoms with Crippen molar-refractivity contribution in [1.29, 1.82) is 0 Å². The average Bonchev–Trinajstić information content (AvgIpc) is 2.03. The van der Waals surface area contributed by atoms with Crippen molar-refractivity contribution in [3.05, 3.63) is 28.4 Å². The van der Waals surface area contributed by atoms with E-state index < -0.39 is 0 Å². The molecule has 0 aliphatic carbocycles. The summed E-state index contributed by atoms with van der Waals surface area (Å²) in [7, 11) is 0. The molecule has 60 valence electrons. The first-order valence-electron chi connectivity index (χ1n) is 3.55. The van der Waals surface area contributed by atoms with Crippen LogP contribution in [0.5, 0.6) is 0 Å². The van der Waals surface area contributed by atoms with Crippen molar-refractivity contribution in [1.82, 2.24) is 9.97 Å². The maximum Gasteiger partial charge on any atom is 0.250 e. The van der Waals surface area contributed by atoms with Crippen LogP contribution in [-0.4, -0.2) is 9.97 Å². The minimum absolute atomic E-state index is 0.154. The fraction of sp³-hybridized carbons (Fsp3) is 0.429. The Balaban J connectivity index is 2.96. The summed E-state index contributed by atoms with van der Waals surface area (Å²) in [5.74, 6) is 0.556. The molecule has 0 bridgehead atoms. The van der Waals surface area contributed by atoms with E-state index in [4.69, 9.17) is 5.73 Å². The van der Waals surface area contributed by atoms with E-state index in [1.165, 1.54) is 12.3 Å². The van der Waals surface area contributed by atoms with Crippen LogP contribution in [-0.2, 0) is 0 Å². The molecule has 1 unspecified atom stereocenters. The van der Waals surface area contributed by atoms with Gasteiger partial charge in [0, 0.05) is 12.3 Å². The lowest BCUT2D eigenvalue weighted by Crippen LogP contribution is -2.17. The molecule has 0 amide bonds. The van der Waals surface area contributed by atoms with Gasteiger partial charge in [-0.05, 0) is 6.42 Å². The third kappa shape index (κ3) is 1.88. The molecule has 1 rings (SSSR count). The first-order valence-corrected chi connectivity index (χ1v) is 3.55. The number of nitrogens with zero attached hydrogens (tertiary/aromatic N) is 1. The molecule has 0 fully saturated rings. The lowest BCUT2D eigenvalue weighted by molar-refractivity contribution is 0.645. The maximum absolute atomic E-state index is 10.8. The second-order valence-electron chi connectivity index (χ2n) is 2.33. The predicted octanol–water partition coefficient (Wildman–Crippen LogP) is 0.180. The number of nitrogens with two attached hydrogens (primary N) is 1. The van der Waals surface area contributed by atoms with Crippen LogP contribution >= 0.6 is 0 Å². The van der Waals surface area contributed by atoms with E-state index in [2.05, 4.69) is 9.97 Å². The van der Waals surface area contributed by atoms with Crippen LogP contribution in [0.1, 0.15) is 25.2 Å². The van der Waals surface area contributed by atoms with Gasteiger partial charge < -0.3 is 10.7 Å².